The minimum absolute atomic E-state index is 0.179. The Hall–Kier alpha value is 0.317. The second-order valence-corrected chi connectivity index (χ2v) is 14.8. The molecule has 0 unspecified atom stereocenters. The summed E-state index contributed by atoms with van der Waals surface area (Å²) in [5.74, 6) is 0.446. The van der Waals surface area contributed by atoms with Gasteiger partial charge in [0.2, 0.25) is 0 Å². The van der Waals surface area contributed by atoms with Crippen molar-refractivity contribution in [2.45, 2.75) is 71.2 Å². The van der Waals surface area contributed by atoms with Crippen LogP contribution in [0.5, 0.6) is 0 Å². The lowest BCUT2D eigenvalue weighted by Gasteiger charge is -2.43. The zero-order valence-electron chi connectivity index (χ0n) is 14.9. The van der Waals surface area contributed by atoms with E-state index in [-0.39, 0.29) is 11.1 Å². The SMILES string of the molecule is Cc1sc(C)c([C@@H]2CCOC[C@@H]2O[Si](C)(C)C(C)(C)C)c1Br. The van der Waals surface area contributed by atoms with Crippen LogP contribution in [0, 0.1) is 13.8 Å². The third kappa shape index (κ3) is 3.69. The highest BCUT2D eigenvalue weighted by molar-refractivity contribution is 9.10. The van der Waals surface area contributed by atoms with Crippen molar-refractivity contribution >= 4 is 35.6 Å². The molecule has 2 rings (SSSR count). The monoisotopic (exact) mass is 404 g/mol. The van der Waals surface area contributed by atoms with E-state index in [9.17, 15) is 0 Å². The second-order valence-electron chi connectivity index (χ2n) is 7.83. The van der Waals surface area contributed by atoms with E-state index in [1.165, 1.54) is 19.8 Å². The first-order valence-corrected chi connectivity index (χ1v) is 12.6. The molecule has 1 aliphatic rings. The second kappa shape index (κ2) is 6.67. The van der Waals surface area contributed by atoms with Gasteiger partial charge in [-0.05, 0) is 59.9 Å². The first kappa shape index (κ1) is 18.7. The molecule has 1 aromatic rings. The standard InChI is InChI=1S/C17H29BrO2SSi/c1-11-15(16(18)12(2)21-11)13-8-9-19-10-14(13)20-22(6,7)17(3,4)5/h13-14H,8-10H2,1-7H3/t13-,14+/m1/s1. The van der Waals surface area contributed by atoms with Crippen LogP contribution in [0.1, 0.15) is 48.4 Å². The average molecular weight is 405 g/mol. The summed E-state index contributed by atoms with van der Waals surface area (Å²) in [4.78, 5) is 2.78. The molecule has 0 spiro atoms. The van der Waals surface area contributed by atoms with Crippen LogP contribution in [0.3, 0.4) is 0 Å². The molecule has 0 aliphatic carbocycles. The Labute approximate surface area is 148 Å². The van der Waals surface area contributed by atoms with Gasteiger partial charge in [-0.1, -0.05) is 20.8 Å². The van der Waals surface area contributed by atoms with Crippen LogP contribution in [0.4, 0.5) is 0 Å². The summed E-state index contributed by atoms with van der Waals surface area (Å²) >= 11 is 5.69. The molecule has 0 aromatic carbocycles. The van der Waals surface area contributed by atoms with E-state index in [0.29, 0.717) is 5.92 Å². The van der Waals surface area contributed by atoms with Crippen LogP contribution in [0.15, 0.2) is 4.47 Å². The molecule has 22 heavy (non-hydrogen) atoms. The summed E-state index contributed by atoms with van der Waals surface area (Å²) in [7, 11) is -1.79. The van der Waals surface area contributed by atoms with Gasteiger partial charge in [-0.25, -0.2) is 0 Å². The van der Waals surface area contributed by atoms with Gasteiger partial charge in [-0.2, -0.15) is 0 Å². The number of rotatable bonds is 3. The topological polar surface area (TPSA) is 18.5 Å². The fourth-order valence-corrected chi connectivity index (χ4v) is 6.14. The minimum atomic E-state index is -1.79. The van der Waals surface area contributed by atoms with Crippen molar-refractivity contribution in [3.63, 3.8) is 0 Å². The molecule has 1 aliphatic heterocycles. The molecule has 1 aromatic heterocycles. The quantitative estimate of drug-likeness (QED) is 0.573. The number of hydrogen-bond donors (Lipinski definition) is 0. The summed E-state index contributed by atoms with van der Waals surface area (Å²) in [6, 6.07) is 0. The van der Waals surface area contributed by atoms with Gasteiger partial charge in [0.1, 0.15) is 0 Å². The molecule has 0 radical (unpaired) electrons. The first-order valence-electron chi connectivity index (χ1n) is 8.05. The zero-order chi connectivity index (χ0) is 16.7. The lowest BCUT2D eigenvalue weighted by Crippen LogP contribution is -2.48. The summed E-state index contributed by atoms with van der Waals surface area (Å²) in [6.07, 6.45) is 1.23. The van der Waals surface area contributed by atoms with E-state index >= 15 is 0 Å². The number of hydrogen-bond acceptors (Lipinski definition) is 3. The van der Waals surface area contributed by atoms with Crippen LogP contribution in [0.25, 0.3) is 0 Å². The molecule has 0 bridgehead atoms. The van der Waals surface area contributed by atoms with Crippen LogP contribution < -0.4 is 0 Å². The molecule has 0 N–H and O–H groups in total. The van der Waals surface area contributed by atoms with E-state index in [1.54, 1.807) is 0 Å². The maximum absolute atomic E-state index is 6.73. The highest BCUT2D eigenvalue weighted by atomic mass is 79.9. The fourth-order valence-electron chi connectivity index (χ4n) is 2.81. The first-order chi connectivity index (χ1) is 10.0. The molecule has 5 heteroatoms. The van der Waals surface area contributed by atoms with E-state index in [0.717, 1.165) is 19.6 Å². The Balaban J connectivity index is 2.30. The van der Waals surface area contributed by atoms with Gasteiger partial charge in [-0.3, -0.25) is 0 Å². The van der Waals surface area contributed by atoms with Crippen molar-refractivity contribution in [1.29, 1.82) is 0 Å². The molecule has 2 heterocycles. The number of halogens is 1. The van der Waals surface area contributed by atoms with Crippen LogP contribution >= 0.6 is 27.3 Å². The van der Waals surface area contributed by atoms with Crippen molar-refractivity contribution in [3.05, 3.63) is 19.8 Å². The summed E-state index contributed by atoms with van der Waals surface area (Å²) in [6.45, 7) is 17.5. The molecule has 1 fully saturated rings. The number of aryl methyl sites for hydroxylation is 2. The van der Waals surface area contributed by atoms with Gasteiger partial charge in [0.05, 0.1) is 12.7 Å². The highest BCUT2D eigenvalue weighted by Gasteiger charge is 2.42. The predicted octanol–water partition coefficient (Wildman–Crippen LogP) is 6.02. The number of thiophene rings is 1. The van der Waals surface area contributed by atoms with Gasteiger partial charge < -0.3 is 9.16 Å². The van der Waals surface area contributed by atoms with Crippen LogP contribution in [-0.4, -0.2) is 27.6 Å². The minimum Gasteiger partial charge on any atom is -0.411 e. The van der Waals surface area contributed by atoms with Crippen molar-refractivity contribution in [2.24, 2.45) is 0 Å². The molecule has 0 saturated carbocycles. The Morgan fingerprint density at radius 3 is 2.36 bits per heavy atom. The maximum Gasteiger partial charge on any atom is 0.192 e. The third-order valence-corrected chi connectivity index (χ3v) is 12.0. The average Bonchev–Trinajstić information content (AvgIpc) is 2.63. The molecular weight excluding hydrogens is 376 g/mol. The van der Waals surface area contributed by atoms with Gasteiger partial charge >= 0.3 is 0 Å². The van der Waals surface area contributed by atoms with Gasteiger partial charge in [0.25, 0.3) is 0 Å². The van der Waals surface area contributed by atoms with Gasteiger partial charge in [-0.15, -0.1) is 11.3 Å². The Morgan fingerprint density at radius 1 is 1.23 bits per heavy atom. The van der Waals surface area contributed by atoms with Crippen molar-refractivity contribution < 1.29 is 9.16 Å². The molecule has 2 nitrogen and oxygen atoms in total. The highest BCUT2D eigenvalue weighted by Crippen LogP contribution is 2.44. The lowest BCUT2D eigenvalue weighted by molar-refractivity contribution is -0.0140. The Kier molecular flexibility index (Phi) is 5.66. The third-order valence-electron chi connectivity index (χ3n) is 5.16. The molecular formula is C17H29BrO2SSi. The normalized spacial score (nSPS) is 23.8. The maximum atomic E-state index is 6.73. The number of ether oxygens (including phenoxy) is 1. The zero-order valence-corrected chi connectivity index (χ0v) is 18.3. The van der Waals surface area contributed by atoms with Crippen molar-refractivity contribution in [3.8, 4) is 0 Å². The van der Waals surface area contributed by atoms with Gasteiger partial charge in [0.15, 0.2) is 8.32 Å². The van der Waals surface area contributed by atoms with Crippen molar-refractivity contribution in [2.75, 3.05) is 13.2 Å². The molecule has 2 atom stereocenters. The smallest absolute Gasteiger partial charge is 0.192 e. The Bertz CT molecular complexity index is 533. The lowest BCUT2D eigenvalue weighted by atomic mass is 9.89. The van der Waals surface area contributed by atoms with Crippen molar-refractivity contribution in [1.82, 2.24) is 0 Å². The van der Waals surface area contributed by atoms with E-state index in [4.69, 9.17) is 9.16 Å². The van der Waals surface area contributed by atoms with E-state index in [2.05, 4.69) is 63.6 Å². The summed E-state index contributed by atoms with van der Waals surface area (Å²) < 4.78 is 13.8. The van der Waals surface area contributed by atoms with E-state index < -0.39 is 8.32 Å². The molecule has 126 valence electrons. The summed E-state index contributed by atoms with van der Waals surface area (Å²) in [5, 5.41) is 0.228. The summed E-state index contributed by atoms with van der Waals surface area (Å²) in [5.41, 5.74) is 1.45. The van der Waals surface area contributed by atoms with Crippen LogP contribution in [0.2, 0.25) is 18.1 Å². The van der Waals surface area contributed by atoms with Crippen LogP contribution in [-0.2, 0) is 9.16 Å². The predicted molar refractivity (Wildman–Crippen MR) is 102 cm³/mol. The fraction of sp³-hybridized carbons (Fsp3) is 0.765. The molecule has 0 amide bonds. The van der Waals surface area contributed by atoms with Gasteiger partial charge in [0, 0.05) is 26.8 Å². The van der Waals surface area contributed by atoms with E-state index in [1.807, 2.05) is 11.3 Å². The Morgan fingerprint density at radius 2 is 1.86 bits per heavy atom. The largest absolute Gasteiger partial charge is 0.411 e. The molecule has 1 saturated heterocycles.